The van der Waals surface area contributed by atoms with Crippen molar-refractivity contribution in [3.63, 3.8) is 0 Å². The molecule has 3 rings (SSSR count). The van der Waals surface area contributed by atoms with Crippen molar-refractivity contribution < 1.29 is 9.53 Å². The van der Waals surface area contributed by atoms with Crippen LogP contribution in [0.5, 0.6) is 0 Å². The number of rotatable bonds is 2. The van der Waals surface area contributed by atoms with Crippen LogP contribution in [0.3, 0.4) is 0 Å². The van der Waals surface area contributed by atoms with Crippen molar-refractivity contribution in [3.8, 4) is 10.6 Å². The average molecular weight is 278 g/mol. The van der Waals surface area contributed by atoms with Crippen molar-refractivity contribution in [1.82, 2.24) is 20.1 Å². The summed E-state index contributed by atoms with van der Waals surface area (Å²) in [6.45, 7) is 3.81. The molecule has 100 valence electrons. The molecule has 2 aromatic heterocycles. The normalized spacial score (nSPS) is 19.6. The molecule has 1 atom stereocenters. The van der Waals surface area contributed by atoms with Gasteiger partial charge in [0.15, 0.2) is 0 Å². The molecule has 19 heavy (non-hydrogen) atoms. The zero-order valence-corrected chi connectivity index (χ0v) is 11.3. The monoisotopic (exact) mass is 278 g/mol. The van der Waals surface area contributed by atoms with Crippen LogP contribution in [0.2, 0.25) is 0 Å². The van der Waals surface area contributed by atoms with E-state index in [4.69, 9.17) is 4.74 Å². The Hall–Kier alpha value is -1.73. The first-order chi connectivity index (χ1) is 9.24. The fourth-order valence-corrected chi connectivity index (χ4v) is 2.81. The first-order valence-corrected chi connectivity index (χ1v) is 6.97. The van der Waals surface area contributed by atoms with Gasteiger partial charge < -0.3 is 9.64 Å². The lowest BCUT2D eigenvalue weighted by Gasteiger charge is -2.30. The molecule has 0 spiro atoms. The molecule has 1 aliphatic heterocycles. The predicted molar refractivity (Wildman–Crippen MR) is 71.0 cm³/mol. The van der Waals surface area contributed by atoms with E-state index in [-0.39, 0.29) is 12.0 Å². The summed E-state index contributed by atoms with van der Waals surface area (Å²) in [6, 6.07) is 0. The Morgan fingerprint density at radius 1 is 1.63 bits per heavy atom. The largest absolute Gasteiger partial charge is 0.375 e. The molecule has 1 saturated heterocycles. The minimum atomic E-state index is -0.0267. The lowest BCUT2D eigenvalue weighted by atomic mass is 10.3. The van der Waals surface area contributed by atoms with Gasteiger partial charge in [0.05, 0.1) is 18.9 Å². The highest BCUT2D eigenvalue weighted by Crippen LogP contribution is 2.23. The SMILES string of the molecule is CC1CN(C(=O)c2csc(-c3cn[nH]c3)n2)CCO1. The zero-order chi connectivity index (χ0) is 13.2. The van der Waals surface area contributed by atoms with Gasteiger partial charge in [-0.3, -0.25) is 9.89 Å². The first kappa shape index (κ1) is 12.3. The van der Waals surface area contributed by atoms with Gasteiger partial charge >= 0.3 is 0 Å². The van der Waals surface area contributed by atoms with Crippen LogP contribution in [0.15, 0.2) is 17.8 Å². The standard InChI is InChI=1S/C12H14N4O2S/c1-8-6-16(2-3-18-8)12(17)10-7-19-11(15-10)9-4-13-14-5-9/h4-5,7-8H,2-3,6H2,1H3,(H,13,14). The van der Waals surface area contributed by atoms with Gasteiger partial charge in [0.1, 0.15) is 10.7 Å². The van der Waals surface area contributed by atoms with E-state index in [9.17, 15) is 4.79 Å². The fraction of sp³-hybridized carbons (Fsp3) is 0.417. The number of amides is 1. The van der Waals surface area contributed by atoms with E-state index in [0.717, 1.165) is 10.6 Å². The zero-order valence-electron chi connectivity index (χ0n) is 10.5. The van der Waals surface area contributed by atoms with Gasteiger partial charge in [0.2, 0.25) is 0 Å². The summed E-state index contributed by atoms with van der Waals surface area (Å²) >= 11 is 1.45. The molecular formula is C12H14N4O2S. The van der Waals surface area contributed by atoms with Gasteiger partial charge in [-0.05, 0) is 6.92 Å². The van der Waals surface area contributed by atoms with Crippen molar-refractivity contribution in [2.24, 2.45) is 0 Å². The summed E-state index contributed by atoms with van der Waals surface area (Å²) in [5, 5.41) is 9.22. The summed E-state index contributed by atoms with van der Waals surface area (Å²) in [4.78, 5) is 18.5. The fourth-order valence-electron chi connectivity index (χ4n) is 2.04. The number of morpholine rings is 1. The van der Waals surface area contributed by atoms with Gasteiger partial charge in [-0.15, -0.1) is 11.3 Å². The van der Waals surface area contributed by atoms with Crippen molar-refractivity contribution in [1.29, 1.82) is 0 Å². The Morgan fingerprint density at radius 3 is 3.26 bits per heavy atom. The summed E-state index contributed by atoms with van der Waals surface area (Å²) in [5.74, 6) is -0.0267. The molecule has 1 aliphatic rings. The number of nitrogens with zero attached hydrogens (tertiary/aromatic N) is 3. The molecule has 2 aromatic rings. The molecule has 0 aliphatic carbocycles. The molecule has 7 heteroatoms. The first-order valence-electron chi connectivity index (χ1n) is 6.09. The van der Waals surface area contributed by atoms with Crippen LogP contribution < -0.4 is 0 Å². The molecule has 0 bridgehead atoms. The smallest absolute Gasteiger partial charge is 0.273 e. The van der Waals surface area contributed by atoms with Gasteiger partial charge in [-0.25, -0.2) is 4.98 Å². The third kappa shape index (κ3) is 2.52. The van der Waals surface area contributed by atoms with E-state index in [1.54, 1.807) is 22.7 Å². The van der Waals surface area contributed by atoms with Gasteiger partial charge in [0.25, 0.3) is 5.91 Å². The number of nitrogens with one attached hydrogen (secondary N) is 1. The summed E-state index contributed by atoms with van der Waals surface area (Å²) < 4.78 is 5.43. The highest BCUT2D eigenvalue weighted by atomic mass is 32.1. The van der Waals surface area contributed by atoms with Crippen LogP contribution in [0.25, 0.3) is 10.6 Å². The van der Waals surface area contributed by atoms with Crippen molar-refractivity contribution in [2.45, 2.75) is 13.0 Å². The maximum absolute atomic E-state index is 12.3. The van der Waals surface area contributed by atoms with Crippen LogP contribution in [-0.4, -0.2) is 51.8 Å². The topological polar surface area (TPSA) is 71.1 Å². The minimum absolute atomic E-state index is 0.0267. The number of hydrogen-bond acceptors (Lipinski definition) is 5. The third-order valence-corrected chi connectivity index (χ3v) is 3.89. The Morgan fingerprint density at radius 2 is 2.53 bits per heavy atom. The Labute approximate surface area is 114 Å². The Bertz CT molecular complexity index is 566. The minimum Gasteiger partial charge on any atom is -0.375 e. The van der Waals surface area contributed by atoms with Gasteiger partial charge in [-0.1, -0.05) is 0 Å². The number of aromatic nitrogens is 3. The van der Waals surface area contributed by atoms with Crippen LogP contribution >= 0.6 is 11.3 Å². The predicted octanol–water partition coefficient (Wildman–Crippen LogP) is 1.39. The van der Waals surface area contributed by atoms with Crippen LogP contribution in [0, 0.1) is 0 Å². The second-order valence-electron chi connectivity index (χ2n) is 4.46. The van der Waals surface area contributed by atoms with E-state index in [0.29, 0.717) is 25.4 Å². The molecule has 6 nitrogen and oxygen atoms in total. The van der Waals surface area contributed by atoms with Crippen LogP contribution in [0.4, 0.5) is 0 Å². The van der Waals surface area contributed by atoms with Crippen molar-refractivity contribution >= 4 is 17.2 Å². The van der Waals surface area contributed by atoms with E-state index < -0.39 is 0 Å². The summed E-state index contributed by atoms with van der Waals surface area (Å²) in [7, 11) is 0. The molecule has 0 saturated carbocycles. The lowest BCUT2D eigenvalue weighted by molar-refractivity contribution is -0.0126. The Kier molecular flexibility index (Phi) is 3.31. The van der Waals surface area contributed by atoms with E-state index in [1.807, 2.05) is 6.92 Å². The number of carbonyl (C=O) groups is 1. The molecule has 0 aromatic carbocycles. The highest BCUT2D eigenvalue weighted by molar-refractivity contribution is 7.13. The molecule has 3 heterocycles. The molecule has 1 amide bonds. The quantitative estimate of drug-likeness (QED) is 0.901. The van der Waals surface area contributed by atoms with E-state index >= 15 is 0 Å². The second-order valence-corrected chi connectivity index (χ2v) is 5.32. The number of H-pyrrole nitrogens is 1. The average Bonchev–Trinajstić information content (AvgIpc) is 3.08. The Balaban J connectivity index is 1.77. The third-order valence-electron chi connectivity index (χ3n) is 3.00. The van der Waals surface area contributed by atoms with Gasteiger partial charge in [-0.2, -0.15) is 5.10 Å². The van der Waals surface area contributed by atoms with Crippen LogP contribution in [0.1, 0.15) is 17.4 Å². The molecular weight excluding hydrogens is 264 g/mol. The number of thiazole rings is 1. The van der Waals surface area contributed by atoms with E-state index in [1.165, 1.54) is 11.3 Å². The number of ether oxygens (including phenoxy) is 1. The maximum atomic E-state index is 12.3. The summed E-state index contributed by atoms with van der Waals surface area (Å²) in [6.07, 6.45) is 3.55. The number of hydrogen-bond donors (Lipinski definition) is 1. The van der Waals surface area contributed by atoms with Gasteiger partial charge in [0, 0.05) is 30.2 Å². The van der Waals surface area contributed by atoms with Crippen LogP contribution in [-0.2, 0) is 4.74 Å². The molecule has 1 unspecified atom stereocenters. The molecule has 0 radical (unpaired) electrons. The van der Waals surface area contributed by atoms with Crippen molar-refractivity contribution in [3.05, 3.63) is 23.5 Å². The maximum Gasteiger partial charge on any atom is 0.273 e. The summed E-state index contributed by atoms with van der Waals surface area (Å²) in [5.41, 5.74) is 1.40. The molecule has 1 fully saturated rings. The lowest BCUT2D eigenvalue weighted by Crippen LogP contribution is -2.44. The number of carbonyl (C=O) groups excluding carboxylic acids is 1. The molecule has 1 N–H and O–H groups in total. The van der Waals surface area contributed by atoms with E-state index in [2.05, 4.69) is 15.2 Å². The second kappa shape index (κ2) is 5.10. The highest BCUT2D eigenvalue weighted by Gasteiger charge is 2.24. The van der Waals surface area contributed by atoms with Crippen molar-refractivity contribution in [2.75, 3.05) is 19.7 Å². The number of aromatic amines is 1.